The van der Waals surface area contributed by atoms with Crippen LogP contribution in [0.5, 0.6) is 5.88 Å². The average Bonchev–Trinajstić information content (AvgIpc) is 3.52. The first-order chi connectivity index (χ1) is 17.3. The van der Waals surface area contributed by atoms with Crippen molar-refractivity contribution in [3.8, 4) is 5.88 Å². The fraction of sp³-hybridized carbons (Fsp3) is 0.600. The Morgan fingerprint density at radius 1 is 1.14 bits per heavy atom. The number of carbonyl (C=O) groups is 1. The number of ether oxygens (including phenoxy) is 5. The first kappa shape index (κ1) is 26.4. The average molecular weight is 507 g/mol. The highest BCUT2D eigenvalue weighted by atomic mass is 16.7. The molecule has 0 saturated carbocycles. The fourth-order valence-electron chi connectivity index (χ4n) is 4.46. The molecule has 36 heavy (non-hydrogen) atoms. The summed E-state index contributed by atoms with van der Waals surface area (Å²) >= 11 is 0. The molecule has 0 amide bonds. The highest BCUT2D eigenvalue weighted by Gasteiger charge is 2.46. The lowest BCUT2D eigenvalue weighted by atomic mass is 9.99. The van der Waals surface area contributed by atoms with Crippen LogP contribution >= 0.6 is 0 Å². The maximum atomic E-state index is 11.4. The Hall–Kier alpha value is -2.70. The molecule has 3 heterocycles. The van der Waals surface area contributed by atoms with Crippen molar-refractivity contribution in [1.82, 2.24) is 9.78 Å². The standard InChI is InChI=1S/C25H34N2O9/c1-4-15-5-7-16(8-6-15)11-18-14(2)27(17-9-10-33-12-17)26-23(18)36-24-22(30)21(29)20(28)19(35-24)13-34-25(31)32-3/h5-8,17,19-22,24,28-30H,4,9-13H2,1-3H3/t17?,19-,20-,21+,22-,24+/m1/s1. The SMILES string of the molecule is CCc1ccc(Cc2c(O[C@@H]3O[C@H](COC(=O)OC)[C@@H](O)[C@H](O)[C@H]3O)nn(C3CCOC3)c2C)cc1. The Bertz CT molecular complexity index is 1020. The molecule has 2 aliphatic heterocycles. The summed E-state index contributed by atoms with van der Waals surface area (Å²) in [6.07, 6.45) is -5.85. The summed E-state index contributed by atoms with van der Waals surface area (Å²) in [6.45, 7) is 4.83. The Labute approximate surface area is 209 Å². The van der Waals surface area contributed by atoms with Gasteiger partial charge in [-0.3, -0.25) is 4.68 Å². The van der Waals surface area contributed by atoms with Gasteiger partial charge in [0.2, 0.25) is 12.2 Å². The van der Waals surface area contributed by atoms with Crippen molar-refractivity contribution in [1.29, 1.82) is 0 Å². The van der Waals surface area contributed by atoms with Crippen LogP contribution in [-0.4, -0.2) is 88.9 Å². The zero-order valence-electron chi connectivity index (χ0n) is 20.7. The van der Waals surface area contributed by atoms with Crippen LogP contribution in [0.2, 0.25) is 0 Å². The summed E-state index contributed by atoms with van der Waals surface area (Å²) in [7, 11) is 1.15. The van der Waals surface area contributed by atoms with Crippen LogP contribution in [0.15, 0.2) is 24.3 Å². The van der Waals surface area contributed by atoms with Crippen LogP contribution in [-0.2, 0) is 31.8 Å². The van der Waals surface area contributed by atoms with Crippen molar-refractivity contribution in [2.24, 2.45) is 0 Å². The third-order valence-electron chi connectivity index (χ3n) is 6.73. The molecular formula is C25H34N2O9. The predicted octanol–water partition coefficient (Wildman–Crippen LogP) is 1.28. The molecule has 0 aliphatic carbocycles. The highest BCUT2D eigenvalue weighted by molar-refractivity contribution is 5.59. The van der Waals surface area contributed by atoms with E-state index >= 15 is 0 Å². The molecule has 0 radical (unpaired) electrons. The zero-order valence-corrected chi connectivity index (χ0v) is 20.7. The van der Waals surface area contributed by atoms with Crippen LogP contribution in [0.25, 0.3) is 0 Å². The fourth-order valence-corrected chi connectivity index (χ4v) is 4.46. The van der Waals surface area contributed by atoms with E-state index in [-0.39, 0.29) is 11.9 Å². The number of benzene rings is 1. The van der Waals surface area contributed by atoms with Crippen molar-refractivity contribution in [3.05, 3.63) is 46.6 Å². The van der Waals surface area contributed by atoms with Crippen molar-refractivity contribution in [2.45, 2.75) is 69.9 Å². The molecule has 1 aromatic heterocycles. The number of methoxy groups -OCH3 is 1. The van der Waals surface area contributed by atoms with E-state index in [2.05, 4.69) is 41.0 Å². The Morgan fingerprint density at radius 2 is 1.86 bits per heavy atom. The zero-order chi connectivity index (χ0) is 25.8. The van der Waals surface area contributed by atoms with Crippen molar-refractivity contribution in [3.63, 3.8) is 0 Å². The van der Waals surface area contributed by atoms with E-state index in [4.69, 9.17) is 18.9 Å². The first-order valence-corrected chi connectivity index (χ1v) is 12.1. The van der Waals surface area contributed by atoms with Crippen molar-refractivity contribution < 1.29 is 43.8 Å². The van der Waals surface area contributed by atoms with Gasteiger partial charge in [-0.1, -0.05) is 31.2 Å². The second-order valence-corrected chi connectivity index (χ2v) is 9.08. The Kier molecular flexibility index (Phi) is 8.47. The normalized spacial score (nSPS) is 28.2. The molecule has 11 nitrogen and oxygen atoms in total. The first-order valence-electron chi connectivity index (χ1n) is 12.1. The maximum absolute atomic E-state index is 11.4. The third kappa shape index (κ3) is 5.65. The van der Waals surface area contributed by atoms with E-state index in [1.54, 1.807) is 0 Å². The van der Waals surface area contributed by atoms with Gasteiger partial charge in [0.1, 0.15) is 31.0 Å². The van der Waals surface area contributed by atoms with Crippen molar-refractivity contribution >= 4 is 6.16 Å². The minimum Gasteiger partial charge on any atom is -0.443 e. The molecule has 0 bridgehead atoms. The van der Waals surface area contributed by atoms with E-state index < -0.39 is 43.5 Å². The number of hydrogen-bond acceptors (Lipinski definition) is 10. The molecule has 2 aromatic rings. The molecule has 11 heteroatoms. The molecule has 2 saturated heterocycles. The summed E-state index contributed by atoms with van der Waals surface area (Å²) in [4.78, 5) is 11.4. The van der Waals surface area contributed by atoms with Gasteiger partial charge in [0.25, 0.3) is 0 Å². The van der Waals surface area contributed by atoms with Crippen LogP contribution < -0.4 is 4.74 Å². The number of aromatic nitrogens is 2. The topological polar surface area (TPSA) is 142 Å². The van der Waals surface area contributed by atoms with E-state index in [0.717, 1.165) is 36.8 Å². The van der Waals surface area contributed by atoms with Gasteiger partial charge in [-0.15, -0.1) is 5.10 Å². The molecule has 1 unspecified atom stereocenters. The molecule has 198 valence electrons. The summed E-state index contributed by atoms with van der Waals surface area (Å²) in [5.74, 6) is 0.249. The summed E-state index contributed by atoms with van der Waals surface area (Å²) in [5.41, 5.74) is 4.01. The third-order valence-corrected chi connectivity index (χ3v) is 6.73. The van der Waals surface area contributed by atoms with Crippen LogP contribution in [0.4, 0.5) is 4.79 Å². The van der Waals surface area contributed by atoms with E-state index in [9.17, 15) is 20.1 Å². The molecule has 2 aliphatic rings. The van der Waals surface area contributed by atoms with Gasteiger partial charge in [0, 0.05) is 24.3 Å². The predicted molar refractivity (Wildman–Crippen MR) is 126 cm³/mol. The van der Waals surface area contributed by atoms with Gasteiger partial charge in [-0.25, -0.2) is 4.79 Å². The number of aliphatic hydroxyl groups is 3. The van der Waals surface area contributed by atoms with Gasteiger partial charge < -0.3 is 39.0 Å². The Balaban J connectivity index is 1.59. The molecule has 2 fully saturated rings. The highest BCUT2D eigenvalue weighted by Crippen LogP contribution is 2.32. The molecule has 4 rings (SSSR count). The minimum atomic E-state index is -1.59. The quantitative estimate of drug-likeness (QED) is 0.448. The lowest BCUT2D eigenvalue weighted by molar-refractivity contribution is -0.278. The number of rotatable bonds is 8. The molecule has 3 N–H and O–H groups in total. The summed E-state index contributed by atoms with van der Waals surface area (Å²) < 4.78 is 28.4. The molecule has 1 aromatic carbocycles. The molecule has 0 spiro atoms. The van der Waals surface area contributed by atoms with Crippen LogP contribution in [0.3, 0.4) is 0 Å². The molecule has 6 atom stereocenters. The molecular weight excluding hydrogens is 472 g/mol. The smallest absolute Gasteiger partial charge is 0.443 e. The number of aryl methyl sites for hydroxylation is 1. The van der Waals surface area contributed by atoms with Gasteiger partial charge in [-0.2, -0.15) is 0 Å². The second-order valence-electron chi connectivity index (χ2n) is 9.08. The van der Waals surface area contributed by atoms with Gasteiger partial charge in [0.05, 0.1) is 19.8 Å². The van der Waals surface area contributed by atoms with Crippen LogP contribution in [0.1, 0.15) is 41.8 Å². The minimum absolute atomic E-state index is 0.0504. The van der Waals surface area contributed by atoms with E-state index in [0.29, 0.717) is 19.6 Å². The number of hydrogen-bond donors (Lipinski definition) is 3. The maximum Gasteiger partial charge on any atom is 0.508 e. The monoisotopic (exact) mass is 506 g/mol. The van der Waals surface area contributed by atoms with Crippen molar-refractivity contribution in [2.75, 3.05) is 26.9 Å². The van der Waals surface area contributed by atoms with E-state index in [1.165, 1.54) is 5.56 Å². The van der Waals surface area contributed by atoms with Gasteiger partial charge in [0.15, 0.2) is 0 Å². The number of carbonyl (C=O) groups excluding carboxylic acids is 1. The lowest BCUT2D eigenvalue weighted by Crippen LogP contribution is -2.60. The number of aliphatic hydroxyl groups excluding tert-OH is 3. The lowest BCUT2D eigenvalue weighted by Gasteiger charge is -2.39. The largest absolute Gasteiger partial charge is 0.508 e. The van der Waals surface area contributed by atoms with Gasteiger partial charge >= 0.3 is 6.16 Å². The number of nitrogens with zero attached hydrogens (tertiary/aromatic N) is 2. The summed E-state index contributed by atoms with van der Waals surface area (Å²) in [6, 6.07) is 8.33. The Morgan fingerprint density at radius 3 is 2.50 bits per heavy atom. The van der Waals surface area contributed by atoms with Gasteiger partial charge in [-0.05, 0) is 30.9 Å². The van der Waals surface area contributed by atoms with Crippen LogP contribution in [0, 0.1) is 6.92 Å². The second kappa shape index (κ2) is 11.6. The summed E-state index contributed by atoms with van der Waals surface area (Å²) in [5, 5.41) is 36.0. The van der Waals surface area contributed by atoms with E-state index in [1.807, 2.05) is 11.6 Å².